The first-order chi connectivity index (χ1) is 13.3. The lowest BCUT2D eigenvalue weighted by atomic mass is 9.90. The molecule has 2 amide bonds. The second-order valence-corrected chi connectivity index (χ2v) is 8.51. The van der Waals surface area contributed by atoms with Crippen molar-refractivity contribution in [2.75, 3.05) is 4.72 Å². The molecule has 0 saturated carbocycles. The molecule has 0 bridgehead atoms. The molecule has 0 radical (unpaired) electrons. The first-order valence-corrected chi connectivity index (χ1v) is 10.3. The molecule has 8 heteroatoms. The number of sulfonamides is 1. The van der Waals surface area contributed by atoms with Gasteiger partial charge < -0.3 is 4.42 Å². The Bertz CT molecular complexity index is 1200. The number of piperidine rings is 1. The van der Waals surface area contributed by atoms with Gasteiger partial charge in [0.05, 0.1) is 17.1 Å². The molecule has 7 nitrogen and oxygen atoms in total. The van der Waals surface area contributed by atoms with Gasteiger partial charge in [0, 0.05) is 23.1 Å². The summed E-state index contributed by atoms with van der Waals surface area (Å²) in [5.41, 5.74) is 2.38. The molecule has 3 aromatic rings. The van der Waals surface area contributed by atoms with Gasteiger partial charge in [-0.05, 0) is 49.2 Å². The topological polar surface area (TPSA) is 105 Å². The van der Waals surface area contributed by atoms with E-state index in [1.165, 1.54) is 12.3 Å². The Morgan fingerprint density at radius 1 is 1.14 bits per heavy atom. The van der Waals surface area contributed by atoms with Crippen LogP contribution in [0.3, 0.4) is 0 Å². The lowest BCUT2D eigenvalue weighted by molar-refractivity contribution is -0.134. The summed E-state index contributed by atoms with van der Waals surface area (Å²) >= 11 is 0. The second kappa shape index (κ2) is 6.79. The molecular formula is C20H18N2O5S. The summed E-state index contributed by atoms with van der Waals surface area (Å²) < 4.78 is 33.4. The third-order valence-corrected chi connectivity index (χ3v) is 6.15. The number of rotatable bonds is 4. The Hall–Kier alpha value is -3.13. The quantitative estimate of drug-likeness (QED) is 0.657. The largest absolute Gasteiger partial charge is 0.464 e. The minimum Gasteiger partial charge on any atom is -0.464 e. The van der Waals surface area contributed by atoms with Gasteiger partial charge in [0.25, 0.3) is 10.0 Å². The summed E-state index contributed by atoms with van der Waals surface area (Å²) in [6.07, 6.45) is 2.13. The van der Waals surface area contributed by atoms with Crippen LogP contribution in [0.2, 0.25) is 0 Å². The number of imide groups is 1. The molecule has 1 atom stereocenters. The predicted octanol–water partition coefficient (Wildman–Crippen LogP) is 3.06. The highest BCUT2D eigenvalue weighted by Gasteiger charge is 2.30. The number of aryl methyl sites for hydroxylation is 1. The molecular weight excluding hydrogens is 380 g/mol. The smallest absolute Gasteiger partial charge is 0.261 e. The van der Waals surface area contributed by atoms with Crippen molar-refractivity contribution in [2.24, 2.45) is 0 Å². The van der Waals surface area contributed by atoms with Crippen molar-refractivity contribution in [3.8, 4) is 0 Å². The van der Waals surface area contributed by atoms with Gasteiger partial charge in [0.2, 0.25) is 11.8 Å². The molecule has 0 aliphatic carbocycles. The van der Waals surface area contributed by atoms with E-state index in [-0.39, 0.29) is 23.1 Å². The van der Waals surface area contributed by atoms with Crippen LogP contribution in [-0.4, -0.2) is 20.2 Å². The van der Waals surface area contributed by atoms with E-state index in [1.54, 1.807) is 30.3 Å². The number of furan rings is 1. The van der Waals surface area contributed by atoms with Gasteiger partial charge in [-0.15, -0.1) is 0 Å². The van der Waals surface area contributed by atoms with Crippen LogP contribution in [0.25, 0.3) is 11.0 Å². The summed E-state index contributed by atoms with van der Waals surface area (Å²) in [7, 11) is -3.75. The average molecular weight is 398 g/mol. The van der Waals surface area contributed by atoms with Crippen LogP contribution in [0.15, 0.2) is 58.0 Å². The van der Waals surface area contributed by atoms with Gasteiger partial charge in [-0.25, -0.2) is 8.42 Å². The van der Waals surface area contributed by atoms with Crippen molar-refractivity contribution in [2.45, 2.75) is 30.6 Å². The van der Waals surface area contributed by atoms with Crippen LogP contribution in [-0.2, 0) is 19.6 Å². The van der Waals surface area contributed by atoms with Crippen LogP contribution >= 0.6 is 0 Å². The van der Waals surface area contributed by atoms with Crippen molar-refractivity contribution < 1.29 is 22.4 Å². The van der Waals surface area contributed by atoms with Crippen LogP contribution in [0.5, 0.6) is 0 Å². The predicted molar refractivity (Wildman–Crippen MR) is 103 cm³/mol. The van der Waals surface area contributed by atoms with E-state index in [4.69, 9.17) is 4.42 Å². The van der Waals surface area contributed by atoms with Gasteiger partial charge in [0.1, 0.15) is 5.58 Å². The standard InChI is InChI=1S/C20H18N2O5S/c1-12-3-2-4-14(9-12)28(25,26)22-13-5-7-18-16(10-13)17(11-27-18)15-6-8-19(23)21-20(15)24/h2-5,7,9-11,15,22H,6,8H2,1H3,(H,21,23,24). The molecule has 1 aliphatic rings. The van der Waals surface area contributed by atoms with E-state index < -0.39 is 15.9 Å². The first kappa shape index (κ1) is 18.2. The van der Waals surface area contributed by atoms with Crippen LogP contribution in [0.4, 0.5) is 5.69 Å². The fourth-order valence-corrected chi connectivity index (χ4v) is 4.52. The van der Waals surface area contributed by atoms with E-state index in [9.17, 15) is 18.0 Å². The van der Waals surface area contributed by atoms with E-state index in [1.807, 2.05) is 13.0 Å². The molecule has 4 rings (SSSR count). The Kier molecular flexibility index (Phi) is 4.43. The van der Waals surface area contributed by atoms with Gasteiger partial charge in [-0.1, -0.05) is 12.1 Å². The van der Waals surface area contributed by atoms with Crippen molar-refractivity contribution >= 4 is 38.5 Å². The first-order valence-electron chi connectivity index (χ1n) is 8.78. The maximum atomic E-state index is 12.7. The van der Waals surface area contributed by atoms with Gasteiger partial charge in [-0.2, -0.15) is 0 Å². The van der Waals surface area contributed by atoms with E-state index in [0.717, 1.165) is 5.56 Å². The zero-order valence-corrected chi connectivity index (χ0v) is 15.9. The van der Waals surface area contributed by atoms with Crippen molar-refractivity contribution in [1.82, 2.24) is 5.32 Å². The summed E-state index contributed by atoms with van der Waals surface area (Å²) in [5.74, 6) is -1.17. The van der Waals surface area contributed by atoms with Crippen molar-refractivity contribution in [3.63, 3.8) is 0 Å². The lowest BCUT2D eigenvalue weighted by Gasteiger charge is -2.20. The third-order valence-electron chi connectivity index (χ3n) is 4.77. The van der Waals surface area contributed by atoms with Crippen LogP contribution in [0, 0.1) is 6.92 Å². The van der Waals surface area contributed by atoms with Crippen LogP contribution < -0.4 is 10.0 Å². The second-order valence-electron chi connectivity index (χ2n) is 6.83. The molecule has 2 aromatic carbocycles. The van der Waals surface area contributed by atoms with E-state index in [2.05, 4.69) is 10.0 Å². The Balaban J connectivity index is 1.68. The third kappa shape index (κ3) is 3.38. The highest BCUT2D eigenvalue weighted by atomic mass is 32.2. The van der Waals surface area contributed by atoms with Crippen molar-refractivity contribution in [1.29, 1.82) is 0 Å². The Morgan fingerprint density at radius 2 is 1.96 bits per heavy atom. The molecule has 1 saturated heterocycles. The normalized spacial score (nSPS) is 17.5. The van der Waals surface area contributed by atoms with Gasteiger partial charge >= 0.3 is 0 Å². The highest BCUT2D eigenvalue weighted by Crippen LogP contribution is 2.34. The number of anilines is 1. The molecule has 2 heterocycles. The SMILES string of the molecule is Cc1cccc(S(=O)(=O)Nc2ccc3occ(C4CCC(=O)NC4=O)c3c2)c1. The zero-order valence-electron chi connectivity index (χ0n) is 15.1. The zero-order chi connectivity index (χ0) is 19.9. The molecule has 2 N–H and O–H groups in total. The monoisotopic (exact) mass is 398 g/mol. The highest BCUT2D eigenvalue weighted by molar-refractivity contribution is 7.92. The summed E-state index contributed by atoms with van der Waals surface area (Å²) in [5, 5.41) is 2.97. The van der Waals surface area contributed by atoms with Gasteiger partial charge in [-0.3, -0.25) is 19.6 Å². The number of benzene rings is 2. The number of carbonyl (C=O) groups excluding carboxylic acids is 2. The lowest BCUT2D eigenvalue weighted by Crippen LogP contribution is -2.39. The Morgan fingerprint density at radius 3 is 2.71 bits per heavy atom. The fraction of sp³-hybridized carbons (Fsp3) is 0.200. The van der Waals surface area contributed by atoms with E-state index in [0.29, 0.717) is 28.6 Å². The molecule has 1 unspecified atom stereocenters. The summed E-state index contributed by atoms with van der Waals surface area (Å²) in [4.78, 5) is 23.8. The number of nitrogens with one attached hydrogen (secondary N) is 2. The number of hydrogen-bond acceptors (Lipinski definition) is 5. The van der Waals surface area contributed by atoms with Crippen LogP contribution in [0.1, 0.15) is 29.9 Å². The number of hydrogen-bond donors (Lipinski definition) is 2. The van der Waals surface area contributed by atoms with Gasteiger partial charge in [0.15, 0.2) is 0 Å². The Labute approximate surface area is 161 Å². The number of carbonyl (C=O) groups is 2. The maximum Gasteiger partial charge on any atom is 0.261 e. The molecule has 1 aliphatic heterocycles. The molecule has 1 aromatic heterocycles. The summed E-state index contributed by atoms with van der Waals surface area (Å²) in [6.45, 7) is 1.82. The molecule has 1 fully saturated rings. The number of amides is 2. The average Bonchev–Trinajstić information content (AvgIpc) is 3.04. The fourth-order valence-electron chi connectivity index (χ4n) is 3.37. The molecule has 144 valence electrons. The minimum absolute atomic E-state index is 0.171. The van der Waals surface area contributed by atoms with E-state index >= 15 is 0 Å². The van der Waals surface area contributed by atoms with Crippen molar-refractivity contribution in [3.05, 3.63) is 59.9 Å². The number of fused-ring (bicyclic) bond motifs is 1. The minimum atomic E-state index is -3.75. The summed E-state index contributed by atoms with van der Waals surface area (Å²) in [6, 6.07) is 11.5. The molecule has 0 spiro atoms. The maximum absolute atomic E-state index is 12.7. The molecule has 28 heavy (non-hydrogen) atoms.